The molecule has 0 aliphatic rings. The van der Waals surface area contributed by atoms with Crippen molar-refractivity contribution < 1.29 is 4.79 Å². The van der Waals surface area contributed by atoms with Gasteiger partial charge in [0.2, 0.25) is 5.91 Å². The van der Waals surface area contributed by atoms with Gasteiger partial charge in [-0.1, -0.05) is 20.8 Å². The predicted octanol–water partition coefficient (Wildman–Crippen LogP) is 2.22. The summed E-state index contributed by atoms with van der Waals surface area (Å²) < 4.78 is 2.02. The third-order valence-electron chi connectivity index (χ3n) is 2.98. The Morgan fingerprint density at radius 2 is 2.06 bits per heavy atom. The first-order chi connectivity index (χ1) is 8.45. The lowest BCUT2D eigenvalue weighted by Gasteiger charge is -2.08. The van der Waals surface area contributed by atoms with Crippen LogP contribution in [0.3, 0.4) is 0 Å². The van der Waals surface area contributed by atoms with E-state index in [2.05, 4.69) is 31.2 Å². The molecule has 0 aliphatic carbocycles. The highest BCUT2D eigenvalue weighted by Crippen LogP contribution is 2.15. The molecule has 4 nitrogen and oxygen atoms in total. The Hall–Kier alpha value is -1.32. The van der Waals surface area contributed by atoms with E-state index in [1.54, 1.807) is 0 Å². The number of aromatic nitrogens is 2. The summed E-state index contributed by atoms with van der Waals surface area (Å²) in [5.74, 6) is 0.650. The molecule has 0 unspecified atom stereocenters. The quantitative estimate of drug-likeness (QED) is 0.842. The van der Waals surface area contributed by atoms with Crippen LogP contribution in [0.2, 0.25) is 0 Å². The molecule has 102 valence electrons. The van der Waals surface area contributed by atoms with Crippen LogP contribution in [0.5, 0.6) is 0 Å². The zero-order chi connectivity index (χ0) is 13.7. The van der Waals surface area contributed by atoms with E-state index in [-0.39, 0.29) is 5.91 Å². The standard InChI is InChI=1S/C14H25N3O/c1-6-7-15-14(18)8-13-11(4)16-17(12(13)5)9-10(2)3/h10H,6-9H2,1-5H3,(H,15,18). The highest BCUT2D eigenvalue weighted by Gasteiger charge is 2.15. The van der Waals surface area contributed by atoms with Crippen LogP contribution in [-0.2, 0) is 17.8 Å². The first-order valence-electron chi connectivity index (χ1n) is 6.75. The molecule has 0 saturated heterocycles. The zero-order valence-electron chi connectivity index (χ0n) is 12.2. The van der Waals surface area contributed by atoms with Gasteiger partial charge >= 0.3 is 0 Å². The molecule has 18 heavy (non-hydrogen) atoms. The second-order valence-corrected chi connectivity index (χ2v) is 5.25. The average Bonchev–Trinajstić information content (AvgIpc) is 2.53. The summed E-state index contributed by atoms with van der Waals surface area (Å²) in [7, 11) is 0. The van der Waals surface area contributed by atoms with E-state index < -0.39 is 0 Å². The molecule has 0 spiro atoms. The number of carbonyl (C=O) groups excluding carboxylic acids is 1. The fraction of sp³-hybridized carbons (Fsp3) is 0.714. The Kier molecular flexibility index (Phi) is 5.38. The van der Waals surface area contributed by atoms with E-state index in [0.29, 0.717) is 12.3 Å². The van der Waals surface area contributed by atoms with Crippen molar-refractivity contribution in [1.82, 2.24) is 15.1 Å². The van der Waals surface area contributed by atoms with E-state index >= 15 is 0 Å². The van der Waals surface area contributed by atoms with Crippen molar-refractivity contribution in [3.05, 3.63) is 17.0 Å². The topological polar surface area (TPSA) is 46.9 Å². The van der Waals surface area contributed by atoms with Crippen molar-refractivity contribution in [2.24, 2.45) is 5.92 Å². The number of hydrogen-bond acceptors (Lipinski definition) is 2. The minimum atomic E-state index is 0.0900. The van der Waals surface area contributed by atoms with Crippen molar-refractivity contribution in [3.8, 4) is 0 Å². The summed E-state index contributed by atoms with van der Waals surface area (Å²) in [6.07, 6.45) is 1.41. The third-order valence-corrected chi connectivity index (χ3v) is 2.98. The molecule has 1 aromatic heterocycles. The monoisotopic (exact) mass is 251 g/mol. The molecule has 0 fully saturated rings. The highest BCUT2D eigenvalue weighted by atomic mass is 16.1. The molecule has 1 rings (SSSR count). The van der Waals surface area contributed by atoms with Crippen LogP contribution in [0.4, 0.5) is 0 Å². The Morgan fingerprint density at radius 3 is 2.61 bits per heavy atom. The van der Waals surface area contributed by atoms with Gasteiger partial charge in [0.15, 0.2) is 0 Å². The maximum atomic E-state index is 11.8. The van der Waals surface area contributed by atoms with Gasteiger partial charge in [0, 0.05) is 24.3 Å². The number of aryl methyl sites for hydroxylation is 1. The Balaban J connectivity index is 2.76. The number of rotatable bonds is 6. The van der Waals surface area contributed by atoms with E-state index in [1.165, 1.54) is 0 Å². The molecule has 1 N–H and O–H groups in total. The Morgan fingerprint density at radius 1 is 1.39 bits per heavy atom. The fourth-order valence-corrected chi connectivity index (χ4v) is 2.00. The van der Waals surface area contributed by atoms with Gasteiger partial charge in [0.1, 0.15) is 0 Å². The maximum absolute atomic E-state index is 11.8. The molecule has 4 heteroatoms. The van der Waals surface area contributed by atoms with Gasteiger partial charge in [0.25, 0.3) is 0 Å². The van der Waals surface area contributed by atoms with Gasteiger partial charge in [-0.3, -0.25) is 9.48 Å². The normalized spacial score (nSPS) is 11.0. The van der Waals surface area contributed by atoms with Crippen molar-refractivity contribution in [3.63, 3.8) is 0 Å². The molecule has 1 aromatic rings. The SMILES string of the molecule is CCCNC(=O)Cc1c(C)nn(CC(C)C)c1C. The van der Waals surface area contributed by atoms with Crippen molar-refractivity contribution in [2.45, 2.75) is 54.0 Å². The molecule has 0 aromatic carbocycles. The molecule has 0 atom stereocenters. The summed E-state index contributed by atoms with van der Waals surface area (Å²) in [6, 6.07) is 0. The molecule has 0 aliphatic heterocycles. The molecule has 1 amide bonds. The van der Waals surface area contributed by atoms with Gasteiger partial charge in [0.05, 0.1) is 12.1 Å². The lowest BCUT2D eigenvalue weighted by molar-refractivity contribution is -0.120. The Bertz CT molecular complexity index is 407. The molecular formula is C14H25N3O. The van der Waals surface area contributed by atoms with Crippen LogP contribution >= 0.6 is 0 Å². The summed E-state index contributed by atoms with van der Waals surface area (Å²) in [5.41, 5.74) is 3.16. The molecule has 1 heterocycles. The lowest BCUT2D eigenvalue weighted by Crippen LogP contribution is -2.26. The summed E-state index contributed by atoms with van der Waals surface area (Å²) in [4.78, 5) is 11.8. The van der Waals surface area contributed by atoms with Gasteiger partial charge in [-0.2, -0.15) is 5.10 Å². The van der Waals surface area contributed by atoms with Gasteiger partial charge in [-0.25, -0.2) is 0 Å². The van der Waals surface area contributed by atoms with Crippen LogP contribution in [0.15, 0.2) is 0 Å². The Labute approximate surface area is 110 Å². The number of hydrogen-bond donors (Lipinski definition) is 1. The highest BCUT2D eigenvalue weighted by molar-refractivity contribution is 5.79. The third kappa shape index (κ3) is 3.86. The van der Waals surface area contributed by atoms with Crippen LogP contribution in [0, 0.1) is 19.8 Å². The first kappa shape index (κ1) is 14.7. The van der Waals surface area contributed by atoms with E-state index in [1.807, 2.05) is 18.5 Å². The second kappa shape index (κ2) is 6.57. The van der Waals surface area contributed by atoms with Gasteiger partial charge in [-0.15, -0.1) is 0 Å². The van der Waals surface area contributed by atoms with Crippen molar-refractivity contribution in [1.29, 1.82) is 0 Å². The maximum Gasteiger partial charge on any atom is 0.224 e. The van der Waals surface area contributed by atoms with Crippen molar-refractivity contribution >= 4 is 5.91 Å². The lowest BCUT2D eigenvalue weighted by atomic mass is 10.1. The number of carbonyl (C=O) groups is 1. The van der Waals surface area contributed by atoms with E-state index in [0.717, 1.165) is 36.5 Å². The minimum Gasteiger partial charge on any atom is -0.356 e. The first-order valence-corrected chi connectivity index (χ1v) is 6.75. The number of nitrogens with one attached hydrogen (secondary N) is 1. The summed E-state index contributed by atoms with van der Waals surface area (Å²) in [5, 5.41) is 7.43. The van der Waals surface area contributed by atoms with Crippen LogP contribution in [-0.4, -0.2) is 22.2 Å². The fourth-order valence-electron chi connectivity index (χ4n) is 2.00. The predicted molar refractivity (Wildman–Crippen MR) is 73.5 cm³/mol. The van der Waals surface area contributed by atoms with E-state index in [9.17, 15) is 4.79 Å². The number of nitrogens with zero attached hydrogens (tertiary/aromatic N) is 2. The molecule has 0 saturated carbocycles. The van der Waals surface area contributed by atoms with Crippen molar-refractivity contribution in [2.75, 3.05) is 6.54 Å². The molecular weight excluding hydrogens is 226 g/mol. The molecule has 0 bridgehead atoms. The second-order valence-electron chi connectivity index (χ2n) is 5.25. The largest absolute Gasteiger partial charge is 0.356 e. The van der Waals surface area contributed by atoms with Gasteiger partial charge in [-0.05, 0) is 26.2 Å². The van der Waals surface area contributed by atoms with Crippen LogP contribution in [0.1, 0.15) is 44.1 Å². The minimum absolute atomic E-state index is 0.0900. The van der Waals surface area contributed by atoms with Gasteiger partial charge < -0.3 is 5.32 Å². The summed E-state index contributed by atoms with van der Waals surface area (Å²) >= 11 is 0. The average molecular weight is 251 g/mol. The smallest absolute Gasteiger partial charge is 0.224 e. The summed E-state index contributed by atoms with van der Waals surface area (Å²) in [6.45, 7) is 12.1. The van der Waals surface area contributed by atoms with Crippen LogP contribution in [0.25, 0.3) is 0 Å². The zero-order valence-corrected chi connectivity index (χ0v) is 12.2. The number of amides is 1. The van der Waals surface area contributed by atoms with E-state index in [4.69, 9.17) is 0 Å². The molecule has 0 radical (unpaired) electrons. The van der Waals surface area contributed by atoms with Crippen LogP contribution < -0.4 is 5.32 Å².